The van der Waals surface area contributed by atoms with Gasteiger partial charge in [0.15, 0.2) is 0 Å². The number of carbonyl (C=O) groups is 1. The fourth-order valence-corrected chi connectivity index (χ4v) is 4.05. The second-order valence-electron chi connectivity index (χ2n) is 7.36. The molecule has 1 aromatic heterocycles. The number of para-hydroxylation sites is 1. The van der Waals surface area contributed by atoms with Gasteiger partial charge in [-0.25, -0.2) is 9.97 Å². The van der Waals surface area contributed by atoms with Crippen LogP contribution in [0.1, 0.15) is 22.8 Å². The van der Waals surface area contributed by atoms with Crippen molar-refractivity contribution in [2.24, 2.45) is 0 Å². The van der Waals surface area contributed by atoms with Gasteiger partial charge in [0.25, 0.3) is 5.91 Å². The van der Waals surface area contributed by atoms with E-state index < -0.39 is 0 Å². The van der Waals surface area contributed by atoms with Gasteiger partial charge in [-0.15, -0.1) is 0 Å². The van der Waals surface area contributed by atoms with Gasteiger partial charge in [0.1, 0.15) is 17.9 Å². The number of hydrogen-bond donors (Lipinski definition) is 0. The van der Waals surface area contributed by atoms with Crippen LogP contribution >= 0.6 is 15.9 Å². The van der Waals surface area contributed by atoms with Crippen molar-refractivity contribution in [2.45, 2.75) is 19.9 Å². The third-order valence-electron chi connectivity index (χ3n) is 5.25. The van der Waals surface area contributed by atoms with Crippen LogP contribution < -0.4 is 9.64 Å². The van der Waals surface area contributed by atoms with Crippen molar-refractivity contribution in [3.8, 4) is 11.6 Å². The summed E-state index contributed by atoms with van der Waals surface area (Å²) in [5, 5.41) is 0. The maximum atomic E-state index is 13.0. The minimum absolute atomic E-state index is 0.0425. The van der Waals surface area contributed by atoms with Gasteiger partial charge in [-0.3, -0.25) is 4.79 Å². The van der Waals surface area contributed by atoms with E-state index in [0.717, 1.165) is 21.6 Å². The Bertz CT molecular complexity index is 1060. The van der Waals surface area contributed by atoms with Crippen molar-refractivity contribution < 1.29 is 9.53 Å². The lowest BCUT2D eigenvalue weighted by Gasteiger charge is -2.40. The van der Waals surface area contributed by atoms with Crippen LogP contribution in [-0.2, 0) is 0 Å². The molecule has 6 nitrogen and oxygen atoms in total. The molecule has 1 aliphatic rings. The maximum absolute atomic E-state index is 13.0. The van der Waals surface area contributed by atoms with Crippen LogP contribution in [0.25, 0.3) is 0 Å². The first kappa shape index (κ1) is 20.3. The summed E-state index contributed by atoms with van der Waals surface area (Å²) in [5.41, 5.74) is 1.74. The molecule has 0 aliphatic carbocycles. The molecule has 1 atom stereocenters. The monoisotopic (exact) mass is 466 g/mol. The molecule has 0 saturated carbocycles. The van der Waals surface area contributed by atoms with Crippen LogP contribution in [0.2, 0.25) is 0 Å². The number of benzene rings is 2. The standard InChI is InChI=1S/C23H23BrN4O2/c1-16-7-3-6-10-20(16)30-22-13-21(25-15-26-22)27-11-12-28(17(2)14-27)23(29)18-8-4-5-9-19(18)24/h3-10,13,15,17H,11-12,14H2,1-2H3. The summed E-state index contributed by atoms with van der Waals surface area (Å²) in [6.07, 6.45) is 1.52. The number of amides is 1. The highest BCUT2D eigenvalue weighted by Gasteiger charge is 2.29. The van der Waals surface area contributed by atoms with Crippen molar-refractivity contribution in [1.82, 2.24) is 14.9 Å². The summed E-state index contributed by atoms with van der Waals surface area (Å²) >= 11 is 3.48. The summed E-state index contributed by atoms with van der Waals surface area (Å²) in [4.78, 5) is 25.8. The number of piperazine rings is 1. The number of halogens is 1. The Morgan fingerprint density at radius 3 is 2.63 bits per heavy atom. The second-order valence-corrected chi connectivity index (χ2v) is 8.21. The summed E-state index contributed by atoms with van der Waals surface area (Å²) in [6, 6.07) is 17.3. The Morgan fingerprint density at radius 2 is 1.87 bits per heavy atom. The fourth-order valence-electron chi connectivity index (χ4n) is 3.60. The first-order valence-electron chi connectivity index (χ1n) is 9.89. The number of ether oxygens (including phenoxy) is 1. The van der Waals surface area contributed by atoms with Gasteiger partial charge in [0.2, 0.25) is 5.88 Å². The molecule has 1 unspecified atom stereocenters. The molecule has 2 heterocycles. The number of rotatable bonds is 4. The van der Waals surface area contributed by atoms with Gasteiger partial charge >= 0.3 is 0 Å². The molecule has 0 spiro atoms. The predicted octanol–water partition coefficient (Wildman–Crippen LogP) is 4.69. The Labute approximate surface area is 184 Å². The zero-order chi connectivity index (χ0) is 21.1. The van der Waals surface area contributed by atoms with E-state index in [9.17, 15) is 4.79 Å². The third-order valence-corrected chi connectivity index (χ3v) is 5.94. The molecule has 0 N–H and O–H groups in total. The van der Waals surface area contributed by atoms with Gasteiger partial charge in [0, 0.05) is 36.2 Å². The van der Waals surface area contributed by atoms with E-state index >= 15 is 0 Å². The molecule has 0 radical (unpaired) electrons. The quantitative estimate of drug-likeness (QED) is 0.557. The molecule has 3 aromatic rings. The van der Waals surface area contributed by atoms with E-state index in [4.69, 9.17) is 4.74 Å². The van der Waals surface area contributed by atoms with E-state index in [2.05, 4.69) is 37.7 Å². The molecule has 30 heavy (non-hydrogen) atoms. The van der Waals surface area contributed by atoms with Crippen LogP contribution in [0.5, 0.6) is 11.6 Å². The van der Waals surface area contributed by atoms with E-state index in [-0.39, 0.29) is 11.9 Å². The Morgan fingerprint density at radius 1 is 1.10 bits per heavy atom. The summed E-state index contributed by atoms with van der Waals surface area (Å²) in [7, 11) is 0. The van der Waals surface area contributed by atoms with Crippen LogP contribution in [0.15, 0.2) is 65.4 Å². The second kappa shape index (κ2) is 8.83. The highest BCUT2D eigenvalue weighted by molar-refractivity contribution is 9.10. The van der Waals surface area contributed by atoms with Crippen molar-refractivity contribution in [1.29, 1.82) is 0 Å². The number of aromatic nitrogens is 2. The lowest BCUT2D eigenvalue weighted by atomic mass is 10.1. The van der Waals surface area contributed by atoms with Crippen molar-refractivity contribution >= 4 is 27.7 Å². The van der Waals surface area contributed by atoms with E-state index in [1.807, 2.05) is 66.4 Å². The van der Waals surface area contributed by atoms with Gasteiger partial charge in [-0.1, -0.05) is 30.3 Å². The number of carbonyl (C=O) groups excluding carboxylic acids is 1. The molecule has 154 valence electrons. The minimum atomic E-state index is 0.0425. The van der Waals surface area contributed by atoms with Gasteiger partial charge in [-0.05, 0) is 53.5 Å². The number of anilines is 1. The Hall–Kier alpha value is -2.93. The molecule has 1 amide bonds. The van der Waals surface area contributed by atoms with E-state index in [1.54, 1.807) is 0 Å². The molecule has 1 saturated heterocycles. The number of aryl methyl sites for hydroxylation is 1. The highest BCUT2D eigenvalue weighted by atomic mass is 79.9. The van der Waals surface area contributed by atoms with Crippen molar-refractivity contribution in [3.63, 3.8) is 0 Å². The smallest absolute Gasteiger partial charge is 0.255 e. The summed E-state index contributed by atoms with van der Waals surface area (Å²) in [6.45, 7) is 6.07. The van der Waals surface area contributed by atoms with Gasteiger partial charge in [0.05, 0.1) is 5.56 Å². The molecule has 1 aliphatic heterocycles. The molecule has 2 aromatic carbocycles. The Balaban J connectivity index is 1.46. The molecule has 1 fully saturated rings. The molecular weight excluding hydrogens is 444 g/mol. The third kappa shape index (κ3) is 4.31. The first-order valence-corrected chi connectivity index (χ1v) is 10.7. The van der Waals surface area contributed by atoms with Crippen LogP contribution in [0.3, 0.4) is 0 Å². The van der Waals surface area contributed by atoms with E-state index in [1.165, 1.54) is 6.33 Å². The minimum Gasteiger partial charge on any atom is -0.439 e. The fraction of sp³-hybridized carbons (Fsp3) is 0.261. The topological polar surface area (TPSA) is 58.6 Å². The van der Waals surface area contributed by atoms with Gasteiger partial charge in [-0.2, -0.15) is 0 Å². The number of hydrogen-bond acceptors (Lipinski definition) is 5. The van der Waals surface area contributed by atoms with Crippen LogP contribution in [-0.4, -0.2) is 46.5 Å². The van der Waals surface area contributed by atoms with E-state index in [0.29, 0.717) is 31.1 Å². The summed E-state index contributed by atoms with van der Waals surface area (Å²) < 4.78 is 6.77. The zero-order valence-corrected chi connectivity index (χ0v) is 18.5. The average molecular weight is 467 g/mol. The maximum Gasteiger partial charge on any atom is 0.255 e. The SMILES string of the molecule is Cc1ccccc1Oc1cc(N2CCN(C(=O)c3ccccc3Br)C(C)C2)ncn1. The molecule has 4 rings (SSSR count). The lowest BCUT2D eigenvalue weighted by Crippen LogP contribution is -2.54. The van der Waals surface area contributed by atoms with Crippen LogP contribution in [0, 0.1) is 6.92 Å². The average Bonchev–Trinajstić information content (AvgIpc) is 2.75. The van der Waals surface area contributed by atoms with Gasteiger partial charge < -0.3 is 14.5 Å². The first-order chi connectivity index (χ1) is 14.5. The lowest BCUT2D eigenvalue weighted by molar-refractivity contribution is 0.0672. The Kier molecular flexibility index (Phi) is 5.99. The number of nitrogens with zero attached hydrogens (tertiary/aromatic N) is 4. The molecule has 0 bridgehead atoms. The van der Waals surface area contributed by atoms with Crippen molar-refractivity contribution in [2.75, 3.05) is 24.5 Å². The normalized spacial score (nSPS) is 16.4. The zero-order valence-electron chi connectivity index (χ0n) is 17.0. The molecular formula is C23H23BrN4O2. The largest absolute Gasteiger partial charge is 0.439 e. The highest BCUT2D eigenvalue weighted by Crippen LogP contribution is 2.27. The molecule has 7 heteroatoms. The predicted molar refractivity (Wildman–Crippen MR) is 120 cm³/mol. The summed E-state index contributed by atoms with van der Waals surface area (Å²) in [5.74, 6) is 2.13. The van der Waals surface area contributed by atoms with Crippen LogP contribution in [0.4, 0.5) is 5.82 Å². The van der Waals surface area contributed by atoms with Crippen molar-refractivity contribution in [3.05, 3.63) is 76.5 Å².